The number of rotatable bonds is 2. The number of nitrogens with one attached hydrogen (secondary N) is 1. The van der Waals surface area contributed by atoms with Crippen molar-refractivity contribution in [2.45, 2.75) is 13.5 Å². The summed E-state index contributed by atoms with van der Waals surface area (Å²) in [4.78, 5) is 0. The molecule has 0 amide bonds. The number of hydrogen-bond donors (Lipinski definition) is 2. The first-order chi connectivity index (χ1) is 8.33. The lowest BCUT2D eigenvalue weighted by Crippen LogP contribution is -2.95. The van der Waals surface area contributed by atoms with Crippen LogP contribution in [0.1, 0.15) is 11.1 Å². The van der Waals surface area contributed by atoms with Gasteiger partial charge in [-0.25, -0.2) is 5.43 Å². The van der Waals surface area contributed by atoms with Gasteiger partial charge in [-0.15, -0.1) is 5.53 Å². The first-order valence-electron chi connectivity index (χ1n) is 5.84. The molecule has 17 heavy (non-hydrogen) atoms. The molecule has 1 heterocycles. The molecule has 0 bridgehead atoms. The standard InChI is InChI=1S/C14H15N3/c1-11-7-8-13-14(9-11)17(16-15-13)10-12-5-3-2-4-6-12/h2-9,15-16H,10H2,1H3/p+1. The first kappa shape index (κ1) is 10.2. The maximum atomic E-state index is 3.30. The molecular formula is C14H16N3+. The van der Waals surface area contributed by atoms with Gasteiger partial charge in [-0.3, -0.25) is 0 Å². The minimum absolute atomic E-state index is 0.907. The highest BCUT2D eigenvalue weighted by molar-refractivity contribution is 5.70. The molecule has 86 valence electrons. The van der Waals surface area contributed by atoms with Gasteiger partial charge in [0, 0.05) is 0 Å². The lowest BCUT2D eigenvalue weighted by molar-refractivity contribution is -0.633. The number of nitrogen functional groups attached to an aromatic ring is 1. The predicted octanol–water partition coefficient (Wildman–Crippen LogP) is 1.82. The monoisotopic (exact) mass is 226 g/mol. The average Bonchev–Trinajstić information content (AvgIpc) is 2.73. The number of aryl methyl sites for hydroxylation is 1. The van der Waals surface area contributed by atoms with Crippen molar-refractivity contribution in [3.63, 3.8) is 0 Å². The van der Waals surface area contributed by atoms with Gasteiger partial charge < -0.3 is 0 Å². The molecule has 3 rings (SSSR count). The van der Waals surface area contributed by atoms with Crippen molar-refractivity contribution in [3.8, 4) is 0 Å². The lowest BCUT2D eigenvalue weighted by Gasteiger charge is -2.13. The van der Waals surface area contributed by atoms with Crippen LogP contribution in [-0.2, 0) is 6.54 Å². The van der Waals surface area contributed by atoms with Gasteiger partial charge in [-0.05, 0) is 30.2 Å². The van der Waals surface area contributed by atoms with E-state index in [0.29, 0.717) is 0 Å². The summed E-state index contributed by atoms with van der Waals surface area (Å²) in [5.41, 5.74) is 10.4. The number of benzene rings is 2. The highest BCUT2D eigenvalue weighted by Gasteiger charge is 2.22. The van der Waals surface area contributed by atoms with E-state index in [2.05, 4.69) is 59.8 Å². The molecule has 0 atom stereocenters. The van der Waals surface area contributed by atoms with Gasteiger partial charge in [-0.2, -0.15) is 5.01 Å². The Balaban J connectivity index is 1.86. The zero-order valence-corrected chi connectivity index (χ0v) is 9.85. The SMILES string of the molecule is Cc1ccc2c(c1)N(Cc1ccccc1)[NH2+]N2. The summed E-state index contributed by atoms with van der Waals surface area (Å²) in [6, 6.07) is 17.0. The number of fused-ring (bicyclic) bond motifs is 1. The van der Waals surface area contributed by atoms with Gasteiger partial charge >= 0.3 is 0 Å². The molecule has 0 spiro atoms. The number of quaternary nitrogens is 1. The van der Waals surface area contributed by atoms with Crippen LogP contribution in [0.25, 0.3) is 0 Å². The molecule has 0 radical (unpaired) electrons. The van der Waals surface area contributed by atoms with Crippen LogP contribution in [0.5, 0.6) is 0 Å². The molecule has 2 aromatic rings. The van der Waals surface area contributed by atoms with Gasteiger partial charge in [0.2, 0.25) is 0 Å². The maximum absolute atomic E-state index is 3.30. The van der Waals surface area contributed by atoms with Crippen molar-refractivity contribution in [1.82, 2.24) is 0 Å². The Morgan fingerprint density at radius 2 is 1.94 bits per heavy atom. The van der Waals surface area contributed by atoms with Crippen molar-refractivity contribution in [2.75, 3.05) is 10.4 Å². The van der Waals surface area contributed by atoms with Gasteiger partial charge in [0.15, 0.2) is 0 Å². The molecule has 0 saturated carbocycles. The van der Waals surface area contributed by atoms with E-state index < -0.39 is 0 Å². The van der Waals surface area contributed by atoms with Crippen molar-refractivity contribution in [1.29, 1.82) is 0 Å². The Morgan fingerprint density at radius 1 is 1.12 bits per heavy atom. The molecule has 3 N–H and O–H groups in total. The number of hydrogen-bond acceptors (Lipinski definition) is 2. The van der Waals surface area contributed by atoms with Crippen LogP contribution in [0, 0.1) is 6.92 Å². The van der Waals surface area contributed by atoms with E-state index in [1.54, 1.807) is 0 Å². The topological polar surface area (TPSA) is 31.9 Å². The highest BCUT2D eigenvalue weighted by Crippen LogP contribution is 2.27. The summed E-state index contributed by atoms with van der Waals surface area (Å²) in [5.74, 6) is 0. The quantitative estimate of drug-likeness (QED) is 0.765. The van der Waals surface area contributed by atoms with E-state index >= 15 is 0 Å². The molecule has 0 aliphatic carbocycles. The second-order valence-corrected chi connectivity index (χ2v) is 4.41. The summed E-state index contributed by atoms with van der Waals surface area (Å²) in [6.07, 6.45) is 0. The molecule has 3 heteroatoms. The van der Waals surface area contributed by atoms with Gasteiger partial charge in [0.25, 0.3) is 0 Å². The maximum Gasteiger partial charge on any atom is 0.120 e. The van der Waals surface area contributed by atoms with Gasteiger partial charge in [0.05, 0.1) is 6.54 Å². The Kier molecular flexibility index (Phi) is 2.46. The minimum atomic E-state index is 0.907. The third-order valence-corrected chi connectivity index (χ3v) is 3.03. The van der Waals surface area contributed by atoms with Crippen LogP contribution < -0.4 is 16.0 Å². The fourth-order valence-electron chi connectivity index (χ4n) is 2.13. The molecule has 2 aromatic carbocycles. The zero-order chi connectivity index (χ0) is 11.7. The molecule has 0 saturated heterocycles. The van der Waals surface area contributed by atoms with Crippen LogP contribution in [-0.4, -0.2) is 0 Å². The van der Waals surface area contributed by atoms with E-state index in [-0.39, 0.29) is 0 Å². The minimum Gasteiger partial charge on any atom is -0.213 e. The second kappa shape index (κ2) is 4.11. The molecule has 0 fully saturated rings. The normalized spacial score (nSPS) is 13.4. The van der Waals surface area contributed by atoms with Crippen LogP contribution in [0.4, 0.5) is 11.4 Å². The van der Waals surface area contributed by atoms with E-state index in [0.717, 1.165) is 6.54 Å². The second-order valence-electron chi connectivity index (χ2n) is 4.41. The largest absolute Gasteiger partial charge is 0.213 e. The molecule has 1 aliphatic rings. The van der Waals surface area contributed by atoms with Gasteiger partial charge in [-0.1, -0.05) is 36.4 Å². The third-order valence-electron chi connectivity index (χ3n) is 3.03. The summed E-state index contributed by atoms with van der Waals surface area (Å²) in [5, 5.41) is 2.25. The first-order valence-corrected chi connectivity index (χ1v) is 5.84. The van der Waals surface area contributed by atoms with Crippen molar-refractivity contribution in [2.24, 2.45) is 0 Å². The van der Waals surface area contributed by atoms with Crippen LogP contribution >= 0.6 is 0 Å². The lowest BCUT2D eigenvalue weighted by atomic mass is 10.1. The van der Waals surface area contributed by atoms with Crippen LogP contribution in [0.2, 0.25) is 0 Å². The van der Waals surface area contributed by atoms with E-state index in [4.69, 9.17) is 0 Å². The molecule has 1 aliphatic heterocycles. The average molecular weight is 226 g/mol. The summed E-state index contributed by atoms with van der Waals surface area (Å²) >= 11 is 0. The highest BCUT2D eigenvalue weighted by atomic mass is 15.7. The Morgan fingerprint density at radius 3 is 2.76 bits per heavy atom. The number of nitrogens with two attached hydrogens (primary N) is 1. The van der Waals surface area contributed by atoms with Crippen LogP contribution in [0.3, 0.4) is 0 Å². The van der Waals surface area contributed by atoms with E-state index in [9.17, 15) is 0 Å². The molecule has 3 nitrogen and oxygen atoms in total. The predicted molar refractivity (Wildman–Crippen MR) is 69.4 cm³/mol. The number of nitrogens with zero attached hydrogens (tertiary/aromatic N) is 1. The summed E-state index contributed by atoms with van der Waals surface area (Å²) in [6.45, 7) is 3.03. The summed E-state index contributed by atoms with van der Waals surface area (Å²) in [7, 11) is 0. The zero-order valence-electron chi connectivity index (χ0n) is 9.85. The van der Waals surface area contributed by atoms with Crippen molar-refractivity contribution >= 4 is 11.4 Å². The Labute approximate surface area is 101 Å². The van der Waals surface area contributed by atoms with Gasteiger partial charge in [0.1, 0.15) is 11.4 Å². The fraction of sp³-hybridized carbons (Fsp3) is 0.143. The summed E-state index contributed by atoms with van der Waals surface area (Å²) < 4.78 is 0. The Hall–Kier alpha value is -2.00. The molecule has 0 unspecified atom stereocenters. The van der Waals surface area contributed by atoms with E-state index in [1.165, 1.54) is 22.5 Å². The fourth-order valence-corrected chi connectivity index (χ4v) is 2.13. The smallest absolute Gasteiger partial charge is 0.120 e. The number of anilines is 2. The van der Waals surface area contributed by atoms with E-state index in [1.807, 2.05) is 11.6 Å². The Bertz CT molecular complexity index is 522. The molecular weight excluding hydrogens is 210 g/mol. The van der Waals surface area contributed by atoms with Crippen molar-refractivity contribution in [3.05, 3.63) is 59.7 Å². The van der Waals surface area contributed by atoms with Crippen molar-refractivity contribution < 1.29 is 5.53 Å². The molecule has 0 aromatic heterocycles. The third kappa shape index (κ3) is 1.97. The van der Waals surface area contributed by atoms with Crippen LogP contribution in [0.15, 0.2) is 48.5 Å².